The van der Waals surface area contributed by atoms with Crippen LogP contribution in [-0.2, 0) is 12.1 Å². The maximum absolute atomic E-state index is 14.8. The monoisotopic (exact) mass is 538 g/mol. The Morgan fingerprint density at radius 1 is 0.949 bits per heavy atom. The topological polar surface area (TPSA) is 64.3 Å². The van der Waals surface area contributed by atoms with Crippen molar-refractivity contribution in [3.8, 4) is 0 Å². The van der Waals surface area contributed by atoms with Crippen LogP contribution >= 0.6 is 0 Å². The van der Waals surface area contributed by atoms with Crippen molar-refractivity contribution in [2.75, 3.05) is 25.0 Å². The van der Waals surface area contributed by atoms with Crippen LogP contribution in [0.25, 0.3) is 10.9 Å². The Balaban J connectivity index is 1.53. The highest BCUT2D eigenvalue weighted by atomic mass is 19.4. The van der Waals surface area contributed by atoms with Crippen LogP contribution in [-0.4, -0.2) is 46.6 Å². The summed E-state index contributed by atoms with van der Waals surface area (Å²) in [5.74, 6) is -0.423. The average Bonchev–Trinajstić information content (AvgIpc) is 3.58. The number of hydrogen-bond donors (Lipinski definition) is 3. The predicted octanol–water partition coefficient (Wildman–Crippen LogP) is 6.81. The molecule has 39 heavy (non-hydrogen) atoms. The van der Waals surface area contributed by atoms with Crippen LogP contribution in [0.3, 0.4) is 0 Å². The first-order valence-corrected chi connectivity index (χ1v) is 13.0. The van der Waals surface area contributed by atoms with Crippen LogP contribution in [0, 0.1) is 11.2 Å². The highest BCUT2D eigenvalue weighted by Crippen LogP contribution is 2.47. The number of aliphatic hydroxyl groups is 1. The lowest BCUT2D eigenvalue weighted by molar-refractivity contribution is -0.247. The van der Waals surface area contributed by atoms with E-state index in [0.29, 0.717) is 28.8 Å². The van der Waals surface area contributed by atoms with Crippen molar-refractivity contribution in [2.24, 2.45) is 0 Å². The maximum Gasteiger partial charge on any atom is 0.425 e. The highest BCUT2D eigenvalue weighted by Gasteiger charge is 2.57. The molecular weight excluding hydrogens is 508 g/mol. The number of benzene rings is 3. The number of nitrogens with one attached hydrogen (secondary N) is 2. The molecule has 1 aliphatic heterocycles. The number of halogens is 4. The molecule has 0 aliphatic carbocycles. The highest BCUT2D eigenvalue weighted by molar-refractivity contribution is 5.89. The van der Waals surface area contributed by atoms with Crippen molar-refractivity contribution in [3.63, 3.8) is 0 Å². The summed E-state index contributed by atoms with van der Waals surface area (Å²) >= 11 is 0. The SMILES string of the molecule is N=Cc1cc(C(O)(c2cn(CCCN3CCCC3)c3ccccc23)C(F)(F)F)ccc1Nc1ccc(F)cc1. The number of hydrogen-bond acceptors (Lipinski definition) is 4. The van der Waals surface area contributed by atoms with Crippen molar-refractivity contribution in [1.29, 1.82) is 5.41 Å². The second kappa shape index (κ2) is 10.8. The van der Waals surface area contributed by atoms with Gasteiger partial charge in [0.25, 0.3) is 0 Å². The van der Waals surface area contributed by atoms with Gasteiger partial charge in [-0.05, 0) is 86.9 Å². The predicted molar refractivity (Wildman–Crippen MR) is 145 cm³/mol. The van der Waals surface area contributed by atoms with E-state index >= 15 is 0 Å². The first-order valence-electron chi connectivity index (χ1n) is 13.0. The van der Waals surface area contributed by atoms with Gasteiger partial charge < -0.3 is 25.3 Å². The number of rotatable bonds is 9. The molecule has 1 aromatic heterocycles. The Kier molecular flexibility index (Phi) is 7.46. The van der Waals surface area contributed by atoms with Crippen LogP contribution in [0.4, 0.5) is 28.9 Å². The molecule has 9 heteroatoms. The van der Waals surface area contributed by atoms with Crippen molar-refractivity contribution in [1.82, 2.24) is 9.47 Å². The number of alkyl halides is 3. The first kappa shape index (κ1) is 26.9. The maximum atomic E-state index is 14.8. The van der Waals surface area contributed by atoms with E-state index in [0.717, 1.165) is 32.3 Å². The molecule has 3 aromatic carbocycles. The molecule has 0 bridgehead atoms. The number of anilines is 2. The second-order valence-electron chi connectivity index (χ2n) is 9.94. The van der Waals surface area contributed by atoms with Gasteiger partial charge in [0.05, 0.1) is 0 Å². The van der Waals surface area contributed by atoms with Gasteiger partial charge in [0, 0.05) is 52.4 Å². The van der Waals surface area contributed by atoms with Crippen LogP contribution in [0.5, 0.6) is 0 Å². The number of aryl methyl sites for hydroxylation is 1. The minimum atomic E-state index is -5.04. The molecule has 0 amide bonds. The van der Waals surface area contributed by atoms with Crippen molar-refractivity contribution in [3.05, 3.63) is 95.4 Å². The summed E-state index contributed by atoms with van der Waals surface area (Å²) in [6.45, 7) is 3.49. The molecule has 3 N–H and O–H groups in total. The van der Waals surface area contributed by atoms with Gasteiger partial charge in [0.1, 0.15) is 5.82 Å². The molecule has 5 nitrogen and oxygen atoms in total. The summed E-state index contributed by atoms with van der Waals surface area (Å²) in [6, 6.07) is 16.1. The van der Waals surface area contributed by atoms with Crippen LogP contribution in [0.15, 0.2) is 72.9 Å². The zero-order chi connectivity index (χ0) is 27.6. The van der Waals surface area contributed by atoms with Crippen LogP contribution in [0.2, 0.25) is 0 Å². The van der Waals surface area contributed by atoms with Gasteiger partial charge in [-0.25, -0.2) is 4.39 Å². The van der Waals surface area contributed by atoms with Crippen molar-refractivity contribution < 1.29 is 22.7 Å². The normalized spacial score (nSPS) is 15.9. The Bertz CT molecular complexity index is 1460. The molecule has 1 aliphatic rings. The van der Waals surface area contributed by atoms with Gasteiger partial charge in [-0.3, -0.25) is 0 Å². The fourth-order valence-electron chi connectivity index (χ4n) is 5.37. The van der Waals surface area contributed by atoms with E-state index < -0.39 is 23.2 Å². The Hall–Kier alpha value is -3.69. The third-order valence-corrected chi connectivity index (χ3v) is 7.41. The van der Waals surface area contributed by atoms with Gasteiger partial charge in [-0.15, -0.1) is 0 Å². The average molecular weight is 539 g/mol. The Labute approximate surface area is 224 Å². The third kappa shape index (κ3) is 5.29. The molecule has 5 rings (SSSR count). The van der Waals surface area contributed by atoms with E-state index in [1.165, 1.54) is 61.5 Å². The number of likely N-dealkylation sites (tertiary alicyclic amines) is 1. The minimum absolute atomic E-state index is 0.147. The smallest absolute Gasteiger partial charge is 0.372 e. The molecule has 0 spiro atoms. The molecular formula is C30H30F4N4O. The molecule has 1 fully saturated rings. The van der Waals surface area contributed by atoms with E-state index in [2.05, 4.69) is 10.2 Å². The van der Waals surface area contributed by atoms with Crippen LogP contribution in [0.1, 0.15) is 36.0 Å². The summed E-state index contributed by atoms with van der Waals surface area (Å²) in [7, 11) is 0. The lowest BCUT2D eigenvalue weighted by Gasteiger charge is -2.31. The van der Waals surface area contributed by atoms with E-state index in [4.69, 9.17) is 5.41 Å². The zero-order valence-electron chi connectivity index (χ0n) is 21.3. The lowest BCUT2D eigenvalue weighted by atomic mass is 9.84. The molecule has 204 valence electrons. The van der Waals surface area contributed by atoms with Crippen LogP contribution < -0.4 is 5.32 Å². The molecule has 1 saturated heterocycles. The summed E-state index contributed by atoms with van der Waals surface area (Å²) in [4.78, 5) is 2.36. The molecule has 1 unspecified atom stereocenters. The molecule has 1 atom stereocenters. The second-order valence-corrected chi connectivity index (χ2v) is 9.94. The number of fused-ring (bicyclic) bond motifs is 1. The quantitative estimate of drug-likeness (QED) is 0.162. The van der Waals surface area contributed by atoms with Crippen molar-refractivity contribution >= 4 is 28.5 Å². The fraction of sp³-hybridized carbons (Fsp3) is 0.300. The molecule has 0 radical (unpaired) electrons. The first-order chi connectivity index (χ1) is 18.7. The summed E-state index contributed by atoms with van der Waals surface area (Å²) in [5.41, 5.74) is -2.31. The van der Waals surface area contributed by atoms with E-state index in [1.54, 1.807) is 28.8 Å². The Morgan fingerprint density at radius 3 is 2.36 bits per heavy atom. The van der Waals surface area contributed by atoms with Gasteiger partial charge >= 0.3 is 6.18 Å². The number of para-hydroxylation sites is 1. The lowest BCUT2D eigenvalue weighted by Crippen LogP contribution is -2.43. The van der Waals surface area contributed by atoms with E-state index in [9.17, 15) is 22.7 Å². The van der Waals surface area contributed by atoms with Gasteiger partial charge in [-0.2, -0.15) is 13.2 Å². The summed E-state index contributed by atoms with van der Waals surface area (Å²) in [6.07, 6.45) is 0.425. The Morgan fingerprint density at radius 2 is 1.67 bits per heavy atom. The van der Waals surface area contributed by atoms with Crippen molar-refractivity contribution in [2.45, 2.75) is 37.6 Å². The summed E-state index contributed by atoms with van der Waals surface area (Å²) in [5, 5.41) is 22.7. The largest absolute Gasteiger partial charge is 0.425 e. The van der Waals surface area contributed by atoms with Gasteiger partial charge in [0.15, 0.2) is 0 Å². The van der Waals surface area contributed by atoms with Gasteiger partial charge in [0.2, 0.25) is 5.60 Å². The fourth-order valence-corrected chi connectivity index (χ4v) is 5.37. The standard InChI is InChI=1S/C30H30F4N4O/c31-23-9-11-24(12-10-23)36-27-13-8-22(18-21(27)19-35)29(39,30(32,33)34)26-20-38(28-7-2-1-6-25(26)28)17-5-16-37-14-3-4-15-37/h1-2,6-13,18-20,35-36,39H,3-5,14-17H2. The van der Waals surface area contributed by atoms with Gasteiger partial charge in [-0.1, -0.05) is 24.3 Å². The van der Waals surface area contributed by atoms with E-state index in [1.807, 2.05) is 0 Å². The number of aromatic nitrogens is 1. The number of nitrogens with zero attached hydrogens (tertiary/aromatic N) is 2. The summed E-state index contributed by atoms with van der Waals surface area (Å²) < 4.78 is 59.5. The third-order valence-electron chi connectivity index (χ3n) is 7.41. The van der Waals surface area contributed by atoms with E-state index in [-0.39, 0.29) is 11.1 Å². The molecule has 0 saturated carbocycles. The molecule has 4 aromatic rings. The zero-order valence-corrected chi connectivity index (χ0v) is 21.3. The molecule has 2 heterocycles. The minimum Gasteiger partial charge on any atom is -0.372 e.